The van der Waals surface area contributed by atoms with Crippen LogP contribution in [0.25, 0.3) is 0 Å². The van der Waals surface area contributed by atoms with E-state index in [4.69, 9.17) is 20.4 Å². The van der Waals surface area contributed by atoms with Crippen LogP contribution >= 0.6 is 0 Å². The van der Waals surface area contributed by atoms with Gasteiger partial charge in [0.1, 0.15) is 0 Å². The van der Waals surface area contributed by atoms with Crippen molar-refractivity contribution in [2.75, 3.05) is 0 Å². The molecule has 7 nitrogen and oxygen atoms in total. The SMILES string of the molecule is C=C(C)C(=O)O.O=C(O)CC(O)C(=O)O.[KH]. The topological polar surface area (TPSA) is 132 Å². The summed E-state index contributed by atoms with van der Waals surface area (Å²) in [5.74, 6) is -3.78. The Morgan fingerprint density at radius 2 is 1.50 bits per heavy atom. The molecule has 0 aliphatic carbocycles. The first-order valence-corrected chi connectivity index (χ1v) is 3.70. The Labute approximate surface area is 134 Å². The van der Waals surface area contributed by atoms with Gasteiger partial charge in [-0.2, -0.15) is 0 Å². The molecular formula is C8H13KO7. The zero-order valence-corrected chi connectivity index (χ0v) is 8.01. The molecule has 0 rings (SSSR count). The predicted octanol–water partition coefficient (Wildman–Crippen LogP) is -1.09. The molecule has 0 aromatic carbocycles. The number of carbonyl (C=O) groups is 3. The summed E-state index contributed by atoms with van der Waals surface area (Å²) >= 11 is 0. The van der Waals surface area contributed by atoms with Crippen molar-refractivity contribution in [2.45, 2.75) is 19.4 Å². The third-order valence-electron chi connectivity index (χ3n) is 1.02. The molecular weight excluding hydrogens is 247 g/mol. The summed E-state index contributed by atoms with van der Waals surface area (Å²) in [6, 6.07) is 0. The van der Waals surface area contributed by atoms with E-state index in [2.05, 4.69) is 6.58 Å². The first-order chi connectivity index (χ1) is 6.68. The van der Waals surface area contributed by atoms with E-state index in [0.717, 1.165) is 0 Å². The summed E-state index contributed by atoms with van der Waals surface area (Å²) in [6.07, 6.45) is -2.54. The molecule has 0 saturated carbocycles. The van der Waals surface area contributed by atoms with Crippen LogP contribution in [0, 0.1) is 0 Å². The molecule has 0 amide bonds. The van der Waals surface area contributed by atoms with Crippen LogP contribution in [0.5, 0.6) is 0 Å². The molecule has 16 heavy (non-hydrogen) atoms. The molecule has 0 aromatic heterocycles. The zero-order valence-electron chi connectivity index (χ0n) is 8.01. The van der Waals surface area contributed by atoms with E-state index in [0.29, 0.717) is 0 Å². The number of hydrogen-bond donors (Lipinski definition) is 4. The number of carboxylic acid groups (broad SMARTS) is 3. The second-order valence-corrected chi connectivity index (χ2v) is 2.54. The van der Waals surface area contributed by atoms with Crippen LogP contribution in [0.4, 0.5) is 0 Å². The van der Waals surface area contributed by atoms with E-state index in [-0.39, 0.29) is 57.0 Å². The molecule has 0 aliphatic rings. The Kier molecular flexibility index (Phi) is 14.8. The van der Waals surface area contributed by atoms with Crippen LogP contribution in [-0.4, -0.2) is 95.8 Å². The van der Waals surface area contributed by atoms with Gasteiger partial charge in [0, 0.05) is 5.57 Å². The fourth-order valence-corrected chi connectivity index (χ4v) is 0.253. The van der Waals surface area contributed by atoms with E-state index in [1.807, 2.05) is 0 Å². The average molecular weight is 260 g/mol. The molecule has 8 heteroatoms. The van der Waals surface area contributed by atoms with Gasteiger partial charge >= 0.3 is 69.3 Å². The second-order valence-electron chi connectivity index (χ2n) is 2.54. The third-order valence-corrected chi connectivity index (χ3v) is 1.02. The predicted molar refractivity (Wildman–Crippen MR) is 55.5 cm³/mol. The average Bonchev–Trinajstić information content (AvgIpc) is 2.03. The maximum atomic E-state index is 9.72. The summed E-state index contributed by atoms with van der Waals surface area (Å²) in [5.41, 5.74) is 0.176. The standard InChI is InChI=1S/C4H6O5.C4H6O2.K.H/c5-2(4(8)9)1-3(6)7;1-3(2)4(5)6;;/h2,5H,1H2,(H,6,7)(H,8,9);1H2,2H3,(H,5,6);;. The van der Waals surface area contributed by atoms with Crippen molar-refractivity contribution in [1.29, 1.82) is 0 Å². The Hall–Kier alpha value is -0.254. The van der Waals surface area contributed by atoms with Gasteiger partial charge in [-0.15, -0.1) is 0 Å². The maximum absolute atomic E-state index is 9.72. The Morgan fingerprint density at radius 1 is 1.19 bits per heavy atom. The summed E-state index contributed by atoms with van der Waals surface area (Å²) in [4.78, 5) is 29.0. The number of rotatable bonds is 4. The van der Waals surface area contributed by atoms with Gasteiger partial charge in [0.15, 0.2) is 6.10 Å². The number of aliphatic hydroxyl groups is 1. The Balaban J connectivity index is -0.000000214. The van der Waals surface area contributed by atoms with E-state index < -0.39 is 30.4 Å². The molecule has 0 bridgehead atoms. The number of aliphatic hydroxyl groups excluding tert-OH is 1. The fourth-order valence-electron chi connectivity index (χ4n) is 0.253. The van der Waals surface area contributed by atoms with Gasteiger partial charge in [-0.3, -0.25) is 4.79 Å². The molecule has 0 fully saturated rings. The Bertz CT molecular complexity index is 262. The number of hydrogen-bond acceptors (Lipinski definition) is 4. The third kappa shape index (κ3) is 16.2. The first kappa shape index (κ1) is 21.1. The van der Waals surface area contributed by atoms with Crippen molar-refractivity contribution >= 4 is 69.3 Å². The molecule has 1 unspecified atom stereocenters. The van der Waals surface area contributed by atoms with E-state index in [1.54, 1.807) is 0 Å². The first-order valence-electron chi connectivity index (χ1n) is 3.70. The zero-order chi connectivity index (χ0) is 12.6. The fraction of sp³-hybridized carbons (Fsp3) is 0.375. The van der Waals surface area contributed by atoms with Crippen molar-refractivity contribution in [2.24, 2.45) is 0 Å². The summed E-state index contributed by atoms with van der Waals surface area (Å²) < 4.78 is 0. The quantitative estimate of drug-likeness (QED) is 0.373. The molecule has 0 spiro atoms. The molecule has 4 N–H and O–H groups in total. The minimum atomic E-state index is -1.79. The molecule has 0 radical (unpaired) electrons. The van der Waals surface area contributed by atoms with E-state index in [9.17, 15) is 14.4 Å². The monoisotopic (exact) mass is 260 g/mol. The van der Waals surface area contributed by atoms with Gasteiger partial charge in [-0.1, -0.05) is 6.58 Å². The molecule has 1 atom stereocenters. The van der Waals surface area contributed by atoms with Gasteiger partial charge < -0.3 is 20.4 Å². The number of aliphatic carboxylic acids is 3. The van der Waals surface area contributed by atoms with Crippen LogP contribution in [0.3, 0.4) is 0 Å². The summed E-state index contributed by atoms with van der Waals surface area (Å²) in [7, 11) is 0. The normalized spacial score (nSPS) is 9.88. The minimum absolute atomic E-state index is 0. The van der Waals surface area contributed by atoms with Crippen molar-refractivity contribution in [1.82, 2.24) is 0 Å². The van der Waals surface area contributed by atoms with Crippen LogP contribution in [0.15, 0.2) is 12.2 Å². The molecule has 0 aromatic rings. The van der Waals surface area contributed by atoms with Crippen molar-refractivity contribution in [3.8, 4) is 0 Å². The van der Waals surface area contributed by atoms with E-state index in [1.165, 1.54) is 6.92 Å². The number of carboxylic acids is 3. The van der Waals surface area contributed by atoms with Gasteiger partial charge in [0.05, 0.1) is 6.42 Å². The van der Waals surface area contributed by atoms with Gasteiger partial charge in [0.25, 0.3) is 0 Å². The van der Waals surface area contributed by atoms with Crippen molar-refractivity contribution < 1.29 is 34.8 Å². The molecule has 0 saturated heterocycles. The van der Waals surface area contributed by atoms with Crippen LogP contribution in [-0.2, 0) is 14.4 Å². The van der Waals surface area contributed by atoms with Gasteiger partial charge in [-0.05, 0) is 6.92 Å². The summed E-state index contributed by atoms with van der Waals surface area (Å²) in [6.45, 7) is 4.60. The van der Waals surface area contributed by atoms with Gasteiger partial charge in [-0.25, -0.2) is 9.59 Å². The van der Waals surface area contributed by atoms with Crippen molar-refractivity contribution in [3.05, 3.63) is 12.2 Å². The summed E-state index contributed by atoms with van der Waals surface area (Å²) in [5, 5.41) is 32.0. The molecule has 0 heterocycles. The van der Waals surface area contributed by atoms with Crippen LogP contribution in [0.2, 0.25) is 0 Å². The molecule has 88 valence electrons. The molecule has 0 aliphatic heterocycles. The van der Waals surface area contributed by atoms with Crippen LogP contribution < -0.4 is 0 Å². The van der Waals surface area contributed by atoms with Crippen molar-refractivity contribution in [3.63, 3.8) is 0 Å². The van der Waals surface area contributed by atoms with E-state index >= 15 is 0 Å². The second kappa shape index (κ2) is 11.2. The van der Waals surface area contributed by atoms with Gasteiger partial charge in [0.2, 0.25) is 0 Å². The Morgan fingerprint density at radius 3 is 1.56 bits per heavy atom. The van der Waals surface area contributed by atoms with Crippen LogP contribution in [0.1, 0.15) is 13.3 Å².